The number of nitrogens with zero attached hydrogens (tertiary/aromatic N) is 4. The lowest BCUT2D eigenvalue weighted by Gasteiger charge is -2.25. The monoisotopic (exact) mass is 421 g/mol. The van der Waals surface area contributed by atoms with Crippen molar-refractivity contribution in [3.63, 3.8) is 0 Å². The van der Waals surface area contributed by atoms with Crippen molar-refractivity contribution in [2.45, 2.75) is 37.8 Å². The molecule has 2 aromatic heterocycles. The number of benzene rings is 1. The quantitative estimate of drug-likeness (QED) is 0.682. The second-order valence-electron chi connectivity index (χ2n) is 8.63. The van der Waals surface area contributed by atoms with Gasteiger partial charge in [0, 0.05) is 25.7 Å². The number of amides is 1. The van der Waals surface area contributed by atoms with Crippen molar-refractivity contribution in [1.82, 2.24) is 25.3 Å². The molecule has 2 aliphatic rings. The molecule has 0 radical (unpaired) electrons. The normalized spacial score (nSPS) is 25.5. The van der Waals surface area contributed by atoms with Crippen LogP contribution in [-0.2, 0) is 12.0 Å². The molecule has 1 N–H and O–H groups in total. The number of fused-ring (bicyclic) bond motifs is 1. The molecule has 1 saturated carbocycles. The van der Waals surface area contributed by atoms with Crippen molar-refractivity contribution < 1.29 is 13.7 Å². The van der Waals surface area contributed by atoms with Crippen LogP contribution in [0.5, 0.6) is 0 Å². The zero-order valence-electron chi connectivity index (χ0n) is 17.3. The summed E-state index contributed by atoms with van der Waals surface area (Å²) in [5.74, 6) is 0.816. The summed E-state index contributed by atoms with van der Waals surface area (Å²) in [5, 5.41) is 7.11. The fraction of sp³-hybridized carbons (Fsp3) is 0.391. The second-order valence-corrected chi connectivity index (χ2v) is 8.63. The van der Waals surface area contributed by atoms with Crippen LogP contribution in [0.2, 0.25) is 0 Å². The van der Waals surface area contributed by atoms with E-state index >= 15 is 0 Å². The van der Waals surface area contributed by atoms with Gasteiger partial charge in [0.2, 0.25) is 5.89 Å². The molecule has 0 unspecified atom stereocenters. The number of nitrogens with one attached hydrogen (secondary N) is 1. The van der Waals surface area contributed by atoms with E-state index in [1.54, 1.807) is 0 Å². The number of carbonyl (C=O) groups is 1. The predicted octanol–water partition coefficient (Wildman–Crippen LogP) is 2.87. The van der Waals surface area contributed by atoms with Crippen LogP contribution in [0.3, 0.4) is 0 Å². The summed E-state index contributed by atoms with van der Waals surface area (Å²) in [6.07, 6.45) is 2.60. The standard InChI is InChI=1S/C23H24FN5O2/c1-15-26-22(31-28-15)23-10-19(27-21(30)20-8-7-18(24)11-25-20)9-17(23)13-29(14-23)12-16-5-3-2-4-6-16/h2-8,11,17,19H,9-10,12-14H2,1H3,(H,27,30)/t17-,19+,23-/m0/s1. The summed E-state index contributed by atoms with van der Waals surface area (Å²) in [7, 11) is 0. The highest BCUT2D eigenvalue weighted by Crippen LogP contribution is 2.50. The van der Waals surface area contributed by atoms with E-state index in [9.17, 15) is 9.18 Å². The van der Waals surface area contributed by atoms with Crippen molar-refractivity contribution in [1.29, 1.82) is 0 Å². The van der Waals surface area contributed by atoms with Crippen LogP contribution in [0.1, 0.15) is 40.6 Å². The van der Waals surface area contributed by atoms with Gasteiger partial charge < -0.3 is 9.84 Å². The number of aryl methyl sites for hydroxylation is 1. The minimum absolute atomic E-state index is 0.0320. The Morgan fingerprint density at radius 3 is 2.84 bits per heavy atom. The van der Waals surface area contributed by atoms with Gasteiger partial charge in [-0.1, -0.05) is 35.5 Å². The SMILES string of the molecule is Cc1noc([C@]23C[C@H](NC(=O)c4ccc(F)cn4)C[C@H]2CN(Cc2ccccc2)C3)n1. The van der Waals surface area contributed by atoms with Crippen LogP contribution < -0.4 is 5.32 Å². The summed E-state index contributed by atoms with van der Waals surface area (Å²) < 4.78 is 18.8. The number of rotatable bonds is 5. The van der Waals surface area contributed by atoms with Gasteiger partial charge in [-0.2, -0.15) is 4.98 Å². The number of hydrogen-bond donors (Lipinski definition) is 1. The zero-order valence-corrected chi connectivity index (χ0v) is 17.3. The Morgan fingerprint density at radius 2 is 2.13 bits per heavy atom. The van der Waals surface area contributed by atoms with Gasteiger partial charge in [0.1, 0.15) is 11.5 Å². The first-order chi connectivity index (χ1) is 15.0. The molecule has 7 nitrogen and oxygen atoms in total. The first kappa shape index (κ1) is 19.8. The Balaban J connectivity index is 1.34. The summed E-state index contributed by atoms with van der Waals surface area (Å²) in [5.41, 5.74) is 1.20. The lowest BCUT2D eigenvalue weighted by atomic mass is 9.80. The summed E-state index contributed by atoms with van der Waals surface area (Å²) in [6, 6.07) is 13.0. The highest BCUT2D eigenvalue weighted by atomic mass is 19.1. The molecule has 160 valence electrons. The van der Waals surface area contributed by atoms with E-state index in [4.69, 9.17) is 4.52 Å². The first-order valence-electron chi connectivity index (χ1n) is 10.5. The van der Waals surface area contributed by atoms with E-state index in [1.165, 1.54) is 17.7 Å². The van der Waals surface area contributed by atoms with Crippen molar-refractivity contribution in [2.24, 2.45) is 5.92 Å². The Hall–Kier alpha value is -3.13. The highest BCUT2D eigenvalue weighted by molar-refractivity contribution is 5.92. The Morgan fingerprint density at radius 1 is 1.29 bits per heavy atom. The lowest BCUT2D eigenvalue weighted by molar-refractivity contribution is 0.0928. The Kier molecular flexibility index (Phi) is 5.02. The van der Waals surface area contributed by atoms with E-state index in [1.807, 2.05) is 13.0 Å². The van der Waals surface area contributed by atoms with Crippen LogP contribution in [0.15, 0.2) is 53.2 Å². The first-order valence-corrected chi connectivity index (χ1v) is 10.5. The maximum Gasteiger partial charge on any atom is 0.270 e. The molecular formula is C23H24FN5O2. The summed E-state index contributed by atoms with van der Waals surface area (Å²) >= 11 is 0. The van der Waals surface area contributed by atoms with Gasteiger partial charge in [0.05, 0.1) is 11.6 Å². The molecule has 3 atom stereocenters. The number of carbonyl (C=O) groups excluding carboxylic acids is 1. The van der Waals surface area contributed by atoms with Gasteiger partial charge in [-0.05, 0) is 43.4 Å². The molecule has 1 aliphatic carbocycles. The molecule has 0 bridgehead atoms. The van der Waals surface area contributed by atoms with Crippen LogP contribution in [0.25, 0.3) is 0 Å². The van der Waals surface area contributed by atoms with E-state index in [2.05, 4.69) is 49.6 Å². The Labute approximate surface area is 179 Å². The fourth-order valence-electron chi connectivity index (χ4n) is 5.15. The number of likely N-dealkylation sites (tertiary alicyclic amines) is 1. The van der Waals surface area contributed by atoms with Gasteiger partial charge in [0.15, 0.2) is 5.82 Å². The molecule has 0 spiro atoms. The fourth-order valence-corrected chi connectivity index (χ4v) is 5.15. The minimum atomic E-state index is -0.462. The van der Waals surface area contributed by atoms with Crippen LogP contribution in [-0.4, -0.2) is 45.1 Å². The maximum absolute atomic E-state index is 13.1. The van der Waals surface area contributed by atoms with Gasteiger partial charge >= 0.3 is 0 Å². The number of halogens is 1. The smallest absolute Gasteiger partial charge is 0.270 e. The third kappa shape index (κ3) is 3.83. The zero-order chi connectivity index (χ0) is 21.4. The van der Waals surface area contributed by atoms with Crippen molar-refractivity contribution >= 4 is 5.91 Å². The van der Waals surface area contributed by atoms with Gasteiger partial charge in [0.25, 0.3) is 5.91 Å². The van der Waals surface area contributed by atoms with Crippen LogP contribution >= 0.6 is 0 Å². The van der Waals surface area contributed by atoms with Crippen molar-refractivity contribution in [3.05, 3.63) is 77.5 Å². The summed E-state index contributed by atoms with van der Waals surface area (Å²) in [4.78, 5) is 23.5. The number of hydrogen-bond acceptors (Lipinski definition) is 6. The minimum Gasteiger partial charge on any atom is -0.348 e. The topological polar surface area (TPSA) is 84.2 Å². The maximum atomic E-state index is 13.1. The molecule has 3 heterocycles. The molecule has 8 heteroatoms. The predicted molar refractivity (Wildman–Crippen MR) is 111 cm³/mol. The molecule has 5 rings (SSSR count). The molecule has 1 aliphatic heterocycles. The molecule has 1 aromatic carbocycles. The van der Waals surface area contributed by atoms with Gasteiger partial charge in [-0.3, -0.25) is 9.69 Å². The molecule has 31 heavy (non-hydrogen) atoms. The Bertz CT molecular complexity index is 1070. The van der Waals surface area contributed by atoms with Gasteiger partial charge in [-0.25, -0.2) is 9.37 Å². The van der Waals surface area contributed by atoms with E-state index in [0.717, 1.165) is 38.7 Å². The number of aromatic nitrogens is 3. The van der Waals surface area contributed by atoms with E-state index in [-0.39, 0.29) is 23.1 Å². The molecule has 3 aromatic rings. The average molecular weight is 421 g/mol. The third-order valence-electron chi connectivity index (χ3n) is 6.44. The van der Waals surface area contributed by atoms with Crippen LogP contribution in [0.4, 0.5) is 4.39 Å². The third-order valence-corrected chi connectivity index (χ3v) is 6.44. The average Bonchev–Trinajstić information content (AvgIpc) is 3.42. The largest absolute Gasteiger partial charge is 0.348 e. The van der Waals surface area contributed by atoms with E-state index in [0.29, 0.717) is 17.6 Å². The number of pyridine rings is 1. The molecule has 1 saturated heterocycles. The van der Waals surface area contributed by atoms with E-state index < -0.39 is 5.82 Å². The molecular weight excluding hydrogens is 397 g/mol. The lowest BCUT2D eigenvalue weighted by Crippen LogP contribution is -2.38. The van der Waals surface area contributed by atoms with Crippen molar-refractivity contribution in [2.75, 3.05) is 13.1 Å². The second kappa shape index (κ2) is 7.85. The summed E-state index contributed by atoms with van der Waals surface area (Å²) in [6.45, 7) is 4.39. The van der Waals surface area contributed by atoms with Crippen molar-refractivity contribution in [3.8, 4) is 0 Å². The highest BCUT2D eigenvalue weighted by Gasteiger charge is 2.57. The van der Waals surface area contributed by atoms with Gasteiger partial charge in [-0.15, -0.1) is 0 Å². The molecule has 1 amide bonds. The molecule has 2 fully saturated rings. The van der Waals surface area contributed by atoms with Crippen LogP contribution in [0, 0.1) is 18.7 Å².